The lowest BCUT2D eigenvalue weighted by Crippen LogP contribution is -2.49. The molecule has 2 aromatic carbocycles. The molecule has 0 spiro atoms. The standard InChI is InChI=1S/C23H22F3N3O3/c24-23(25,26)16-5-3-6-17(15-16)27-11-13-28(14-12-27)20(30)9-4-10-29-21(31)18-7-1-2-8-19(18)22(29)32/h1-3,5-8,15H,4,9-14H2. The molecule has 0 aliphatic carbocycles. The molecule has 1 saturated heterocycles. The summed E-state index contributed by atoms with van der Waals surface area (Å²) in [6.07, 6.45) is -3.84. The van der Waals surface area contributed by atoms with Crippen molar-refractivity contribution in [1.29, 1.82) is 0 Å². The minimum absolute atomic E-state index is 0.0923. The van der Waals surface area contributed by atoms with Crippen LogP contribution in [0.25, 0.3) is 0 Å². The molecule has 9 heteroatoms. The van der Waals surface area contributed by atoms with Crippen molar-refractivity contribution in [1.82, 2.24) is 9.80 Å². The van der Waals surface area contributed by atoms with E-state index in [9.17, 15) is 27.6 Å². The molecule has 2 heterocycles. The van der Waals surface area contributed by atoms with Crippen LogP contribution in [0.5, 0.6) is 0 Å². The van der Waals surface area contributed by atoms with E-state index in [4.69, 9.17) is 0 Å². The van der Waals surface area contributed by atoms with E-state index in [1.54, 1.807) is 35.2 Å². The number of nitrogens with zero attached hydrogens (tertiary/aromatic N) is 3. The van der Waals surface area contributed by atoms with Crippen molar-refractivity contribution < 1.29 is 27.6 Å². The number of anilines is 1. The van der Waals surface area contributed by atoms with Gasteiger partial charge in [-0.15, -0.1) is 0 Å². The van der Waals surface area contributed by atoms with Crippen molar-refractivity contribution in [3.05, 3.63) is 65.2 Å². The first-order valence-corrected chi connectivity index (χ1v) is 10.4. The Hall–Kier alpha value is -3.36. The van der Waals surface area contributed by atoms with E-state index in [0.717, 1.165) is 12.1 Å². The summed E-state index contributed by atoms with van der Waals surface area (Å²) in [5.41, 5.74) is 0.559. The van der Waals surface area contributed by atoms with E-state index in [-0.39, 0.29) is 30.7 Å². The zero-order valence-electron chi connectivity index (χ0n) is 17.3. The van der Waals surface area contributed by atoms with Gasteiger partial charge in [-0.25, -0.2) is 0 Å². The molecule has 0 aromatic heterocycles. The van der Waals surface area contributed by atoms with Crippen molar-refractivity contribution in [2.75, 3.05) is 37.6 Å². The lowest BCUT2D eigenvalue weighted by atomic mass is 10.1. The van der Waals surface area contributed by atoms with Crippen LogP contribution in [0.3, 0.4) is 0 Å². The van der Waals surface area contributed by atoms with Gasteiger partial charge in [0.25, 0.3) is 11.8 Å². The van der Waals surface area contributed by atoms with Crippen LogP contribution in [-0.4, -0.2) is 60.2 Å². The second-order valence-electron chi connectivity index (χ2n) is 7.83. The van der Waals surface area contributed by atoms with Crippen molar-refractivity contribution >= 4 is 23.4 Å². The van der Waals surface area contributed by atoms with Crippen molar-refractivity contribution in [2.24, 2.45) is 0 Å². The molecule has 0 radical (unpaired) electrons. The molecule has 168 valence electrons. The van der Waals surface area contributed by atoms with Crippen molar-refractivity contribution in [3.8, 4) is 0 Å². The quantitative estimate of drug-likeness (QED) is 0.662. The maximum Gasteiger partial charge on any atom is 0.416 e. The van der Waals surface area contributed by atoms with Crippen LogP contribution in [0.1, 0.15) is 39.1 Å². The molecule has 0 N–H and O–H groups in total. The fourth-order valence-corrected chi connectivity index (χ4v) is 4.08. The first kappa shape index (κ1) is 21.9. The molecule has 0 saturated carbocycles. The van der Waals surface area contributed by atoms with E-state index in [2.05, 4.69) is 0 Å². The van der Waals surface area contributed by atoms with Crippen LogP contribution in [0.4, 0.5) is 18.9 Å². The molecule has 3 amide bonds. The van der Waals surface area contributed by atoms with E-state index in [0.29, 0.717) is 49.4 Å². The van der Waals surface area contributed by atoms with Crippen LogP contribution in [-0.2, 0) is 11.0 Å². The summed E-state index contributed by atoms with van der Waals surface area (Å²) < 4.78 is 38.8. The average molecular weight is 445 g/mol. The van der Waals surface area contributed by atoms with E-state index in [1.807, 2.05) is 4.90 Å². The molecule has 0 atom stereocenters. The predicted octanol–water partition coefficient (Wildman–Crippen LogP) is 3.43. The largest absolute Gasteiger partial charge is 0.416 e. The summed E-state index contributed by atoms with van der Waals surface area (Å²) in [4.78, 5) is 42.0. The highest BCUT2D eigenvalue weighted by Gasteiger charge is 2.35. The van der Waals surface area contributed by atoms with Gasteiger partial charge < -0.3 is 9.80 Å². The third kappa shape index (κ3) is 4.32. The van der Waals surface area contributed by atoms with E-state index in [1.165, 1.54) is 11.0 Å². The monoisotopic (exact) mass is 445 g/mol. The molecule has 2 aliphatic heterocycles. The average Bonchev–Trinajstić information content (AvgIpc) is 3.04. The maximum absolute atomic E-state index is 12.9. The Morgan fingerprint density at radius 1 is 0.875 bits per heavy atom. The Morgan fingerprint density at radius 3 is 2.09 bits per heavy atom. The number of rotatable bonds is 5. The number of carbonyl (C=O) groups excluding carboxylic acids is 3. The Kier molecular flexibility index (Phi) is 5.90. The highest BCUT2D eigenvalue weighted by molar-refractivity contribution is 6.21. The number of hydrogen-bond acceptors (Lipinski definition) is 4. The van der Waals surface area contributed by atoms with Gasteiger partial charge in [-0.3, -0.25) is 19.3 Å². The Bertz CT molecular complexity index is 1010. The zero-order chi connectivity index (χ0) is 22.9. The van der Waals surface area contributed by atoms with Crippen molar-refractivity contribution in [2.45, 2.75) is 19.0 Å². The van der Waals surface area contributed by atoms with Gasteiger partial charge in [0.05, 0.1) is 16.7 Å². The molecule has 1 fully saturated rings. The number of benzene rings is 2. The summed E-state index contributed by atoms with van der Waals surface area (Å²) >= 11 is 0. The molecular formula is C23H22F3N3O3. The van der Waals surface area contributed by atoms with Gasteiger partial charge in [0.1, 0.15) is 0 Å². The second kappa shape index (κ2) is 8.64. The number of carbonyl (C=O) groups is 3. The Balaban J connectivity index is 1.26. The highest BCUT2D eigenvalue weighted by Crippen LogP contribution is 2.32. The fourth-order valence-electron chi connectivity index (χ4n) is 4.08. The first-order valence-electron chi connectivity index (χ1n) is 10.4. The predicted molar refractivity (Wildman–Crippen MR) is 111 cm³/mol. The summed E-state index contributed by atoms with van der Waals surface area (Å²) in [7, 11) is 0. The fraction of sp³-hybridized carbons (Fsp3) is 0.348. The van der Waals surface area contributed by atoms with Crippen LogP contribution >= 0.6 is 0 Å². The normalized spacial score (nSPS) is 16.5. The zero-order valence-corrected chi connectivity index (χ0v) is 17.3. The SMILES string of the molecule is O=C(CCCN1C(=O)c2ccccc2C1=O)N1CCN(c2cccc(C(F)(F)F)c2)CC1. The number of hydrogen-bond donors (Lipinski definition) is 0. The summed E-state index contributed by atoms with van der Waals surface area (Å²) in [5, 5.41) is 0. The van der Waals surface area contributed by atoms with Crippen LogP contribution in [0.15, 0.2) is 48.5 Å². The first-order chi connectivity index (χ1) is 15.3. The van der Waals surface area contributed by atoms with Gasteiger partial charge in [0.15, 0.2) is 0 Å². The second-order valence-corrected chi connectivity index (χ2v) is 7.83. The van der Waals surface area contributed by atoms with Crippen LogP contribution in [0.2, 0.25) is 0 Å². The molecule has 0 unspecified atom stereocenters. The number of fused-ring (bicyclic) bond motifs is 1. The van der Waals surface area contributed by atoms with Gasteiger partial charge in [-0.05, 0) is 36.8 Å². The lowest BCUT2D eigenvalue weighted by molar-refractivity contribution is -0.137. The molecule has 4 rings (SSSR count). The molecule has 0 bridgehead atoms. The number of alkyl halides is 3. The molecule has 6 nitrogen and oxygen atoms in total. The molecule has 32 heavy (non-hydrogen) atoms. The van der Waals surface area contributed by atoms with Crippen LogP contribution in [0, 0.1) is 0 Å². The Labute approximate surface area is 183 Å². The highest BCUT2D eigenvalue weighted by atomic mass is 19.4. The van der Waals surface area contributed by atoms with Crippen molar-refractivity contribution in [3.63, 3.8) is 0 Å². The minimum atomic E-state index is -4.40. The third-order valence-corrected chi connectivity index (χ3v) is 5.82. The molecule has 2 aromatic rings. The van der Waals surface area contributed by atoms with Gasteiger partial charge in [0, 0.05) is 44.8 Å². The summed E-state index contributed by atoms with van der Waals surface area (Å²) in [6.45, 7) is 1.85. The van der Waals surface area contributed by atoms with Crippen LogP contribution < -0.4 is 4.90 Å². The minimum Gasteiger partial charge on any atom is -0.368 e. The molecular weight excluding hydrogens is 423 g/mol. The summed E-state index contributed by atoms with van der Waals surface area (Å²) in [6, 6.07) is 11.8. The Morgan fingerprint density at radius 2 is 1.50 bits per heavy atom. The number of imide groups is 1. The van der Waals surface area contributed by atoms with E-state index >= 15 is 0 Å². The van der Waals surface area contributed by atoms with E-state index < -0.39 is 11.7 Å². The number of piperazine rings is 1. The van der Waals surface area contributed by atoms with Gasteiger partial charge in [-0.1, -0.05) is 18.2 Å². The van der Waals surface area contributed by atoms with Gasteiger partial charge >= 0.3 is 6.18 Å². The topological polar surface area (TPSA) is 60.9 Å². The maximum atomic E-state index is 12.9. The van der Waals surface area contributed by atoms with Gasteiger partial charge in [0.2, 0.25) is 5.91 Å². The van der Waals surface area contributed by atoms with Gasteiger partial charge in [-0.2, -0.15) is 13.2 Å². The number of amides is 3. The molecule has 2 aliphatic rings. The third-order valence-electron chi connectivity index (χ3n) is 5.82. The lowest BCUT2D eigenvalue weighted by Gasteiger charge is -2.36. The number of halogens is 3. The smallest absolute Gasteiger partial charge is 0.368 e. The summed E-state index contributed by atoms with van der Waals surface area (Å²) in [5.74, 6) is -0.772.